The molecule has 0 fully saturated rings. The average Bonchev–Trinajstić information content (AvgIpc) is 2.44. The summed E-state index contributed by atoms with van der Waals surface area (Å²) in [4.78, 5) is 10.6. The minimum absolute atomic E-state index is 0.113. The molecular formula is C15H20O5. The van der Waals surface area contributed by atoms with Crippen LogP contribution in [0.2, 0.25) is 0 Å². The fraction of sp³-hybridized carbons (Fsp3) is 0.400. The lowest BCUT2D eigenvalue weighted by Crippen LogP contribution is -2.04. The van der Waals surface area contributed by atoms with Gasteiger partial charge in [-0.1, -0.05) is 6.92 Å². The Kier molecular flexibility index (Phi) is 7.21. The van der Waals surface area contributed by atoms with E-state index in [9.17, 15) is 4.79 Å². The molecule has 1 rings (SSSR count). The molecule has 1 N–H and O–H groups in total. The second-order valence-corrected chi connectivity index (χ2v) is 3.97. The summed E-state index contributed by atoms with van der Waals surface area (Å²) in [6.45, 7) is 5.18. The summed E-state index contributed by atoms with van der Waals surface area (Å²) in [7, 11) is 0. The van der Waals surface area contributed by atoms with Gasteiger partial charge in [0.25, 0.3) is 0 Å². The third kappa shape index (κ3) is 5.75. The number of carboxylic acid groups (broad SMARTS) is 1. The zero-order valence-corrected chi connectivity index (χ0v) is 11.8. The number of hydrogen-bond donors (Lipinski definition) is 1. The van der Waals surface area contributed by atoms with E-state index in [2.05, 4.69) is 0 Å². The number of carboxylic acids is 1. The molecule has 20 heavy (non-hydrogen) atoms. The highest BCUT2D eigenvalue weighted by Crippen LogP contribution is 2.26. The van der Waals surface area contributed by atoms with Crippen molar-refractivity contribution in [2.45, 2.75) is 20.3 Å². The Bertz CT molecular complexity index is 454. The van der Waals surface area contributed by atoms with E-state index < -0.39 is 5.97 Å². The molecule has 0 aliphatic rings. The van der Waals surface area contributed by atoms with Gasteiger partial charge in [0.2, 0.25) is 0 Å². The van der Waals surface area contributed by atoms with E-state index in [1.165, 1.54) is 6.08 Å². The number of ether oxygens (including phenoxy) is 3. The first kappa shape index (κ1) is 16.0. The minimum Gasteiger partial charge on any atom is -0.493 e. The summed E-state index contributed by atoms with van der Waals surface area (Å²) in [5, 5.41) is 8.67. The number of benzene rings is 1. The first-order valence-electron chi connectivity index (χ1n) is 6.55. The molecule has 0 aromatic heterocycles. The maximum absolute atomic E-state index is 10.6. The van der Waals surface area contributed by atoms with Gasteiger partial charge in [0.1, 0.15) is 11.5 Å². The highest BCUT2D eigenvalue weighted by atomic mass is 16.7. The summed E-state index contributed by atoms with van der Waals surface area (Å²) in [5.74, 6) is 0.211. The Balaban J connectivity index is 2.87. The molecule has 1 aromatic carbocycles. The molecule has 0 radical (unpaired) electrons. The lowest BCUT2D eigenvalue weighted by Gasteiger charge is -2.11. The average molecular weight is 280 g/mol. The van der Waals surface area contributed by atoms with Crippen LogP contribution in [0, 0.1) is 0 Å². The normalized spacial score (nSPS) is 10.7. The third-order valence-corrected chi connectivity index (χ3v) is 2.37. The van der Waals surface area contributed by atoms with Gasteiger partial charge < -0.3 is 19.3 Å². The summed E-state index contributed by atoms with van der Waals surface area (Å²) in [6, 6.07) is 5.27. The van der Waals surface area contributed by atoms with Crippen molar-refractivity contribution in [3.8, 4) is 11.5 Å². The predicted molar refractivity (Wildman–Crippen MR) is 76.0 cm³/mol. The molecule has 110 valence electrons. The highest BCUT2D eigenvalue weighted by molar-refractivity contribution is 5.86. The van der Waals surface area contributed by atoms with Gasteiger partial charge in [-0.2, -0.15) is 0 Å². The molecule has 0 amide bonds. The molecule has 0 unspecified atom stereocenters. The number of carbonyl (C=O) groups is 1. The lowest BCUT2D eigenvalue weighted by atomic mass is 10.1. The van der Waals surface area contributed by atoms with Crippen molar-refractivity contribution in [2.24, 2.45) is 0 Å². The van der Waals surface area contributed by atoms with Crippen molar-refractivity contribution >= 4 is 12.0 Å². The van der Waals surface area contributed by atoms with E-state index in [0.717, 1.165) is 12.5 Å². The van der Waals surface area contributed by atoms with Crippen LogP contribution in [-0.4, -0.2) is 31.1 Å². The third-order valence-electron chi connectivity index (χ3n) is 2.37. The van der Waals surface area contributed by atoms with Crippen LogP contribution in [0.25, 0.3) is 6.08 Å². The topological polar surface area (TPSA) is 65.0 Å². The van der Waals surface area contributed by atoms with Gasteiger partial charge in [-0.15, -0.1) is 0 Å². The van der Waals surface area contributed by atoms with Crippen LogP contribution in [0.5, 0.6) is 11.5 Å². The zero-order valence-electron chi connectivity index (χ0n) is 11.8. The molecule has 0 spiro atoms. The summed E-state index contributed by atoms with van der Waals surface area (Å²) >= 11 is 0. The molecule has 5 nitrogen and oxygen atoms in total. The van der Waals surface area contributed by atoms with Gasteiger partial charge in [0.05, 0.1) is 6.61 Å². The fourth-order valence-electron chi connectivity index (χ4n) is 1.44. The molecule has 5 heteroatoms. The van der Waals surface area contributed by atoms with Crippen molar-refractivity contribution in [2.75, 3.05) is 20.0 Å². The van der Waals surface area contributed by atoms with Crippen molar-refractivity contribution < 1.29 is 24.1 Å². The molecule has 0 saturated carbocycles. The summed E-state index contributed by atoms with van der Waals surface area (Å²) < 4.78 is 16.1. The molecule has 1 aromatic rings. The maximum Gasteiger partial charge on any atom is 0.328 e. The standard InChI is InChI=1S/C15H20O5/c1-3-9-19-13-7-5-12(6-8-15(16)17)14(10-13)20-11-18-4-2/h5-8,10H,3-4,9,11H2,1-2H3,(H,16,17). The van der Waals surface area contributed by atoms with Crippen molar-refractivity contribution in [3.63, 3.8) is 0 Å². The van der Waals surface area contributed by atoms with E-state index in [-0.39, 0.29) is 6.79 Å². The Labute approximate surface area is 118 Å². The predicted octanol–water partition coefficient (Wildman–Crippen LogP) is 2.95. The molecule has 0 aliphatic heterocycles. The van der Waals surface area contributed by atoms with Gasteiger partial charge in [-0.25, -0.2) is 4.79 Å². The highest BCUT2D eigenvalue weighted by Gasteiger charge is 2.05. The van der Waals surface area contributed by atoms with E-state index in [0.29, 0.717) is 30.3 Å². The lowest BCUT2D eigenvalue weighted by molar-refractivity contribution is -0.131. The van der Waals surface area contributed by atoms with E-state index >= 15 is 0 Å². The maximum atomic E-state index is 10.6. The molecule has 0 heterocycles. The molecule has 0 saturated heterocycles. The number of hydrogen-bond acceptors (Lipinski definition) is 4. The van der Waals surface area contributed by atoms with Crippen LogP contribution in [-0.2, 0) is 9.53 Å². The molecule has 0 atom stereocenters. The SMILES string of the molecule is CCCOc1ccc(C=CC(=O)O)c(OCOCC)c1. The Morgan fingerprint density at radius 3 is 2.75 bits per heavy atom. The molecular weight excluding hydrogens is 260 g/mol. The van der Waals surface area contributed by atoms with Crippen molar-refractivity contribution in [1.29, 1.82) is 0 Å². The van der Waals surface area contributed by atoms with Crippen LogP contribution < -0.4 is 9.47 Å². The smallest absolute Gasteiger partial charge is 0.328 e. The van der Waals surface area contributed by atoms with Gasteiger partial charge >= 0.3 is 5.97 Å². The van der Waals surface area contributed by atoms with Crippen LogP contribution in [0.3, 0.4) is 0 Å². The monoisotopic (exact) mass is 280 g/mol. The Hall–Kier alpha value is -2.01. The van der Waals surface area contributed by atoms with Crippen LogP contribution >= 0.6 is 0 Å². The minimum atomic E-state index is -1.01. The Morgan fingerprint density at radius 1 is 1.30 bits per heavy atom. The summed E-state index contributed by atoms with van der Waals surface area (Å²) in [6.07, 6.45) is 3.46. The number of aliphatic carboxylic acids is 1. The largest absolute Gasteiger partial charge is 0.493 e. The molecule has 0 aliphatic carbocycles. The van der Waals surface area contributed by atoms with Crippen LogP contribution in [0.4, 0.5) is 0 Å². The quantitative estimate of drug-likeness (QED) is 0.428. The van der Waals surface area contributed by atoms with Crippen molar-refractivity contribution in [1.82, 2.24) is 0 Å². The van der Waals surface area contributed by atoms with Gasteiger partial charge in [0.15, 0.2) is 6.79 Å². The van der Waals surface area contributed by atoms with E-state index in [4.69, 9.17) is 19.3 Å². The second kappa shape index (κ2) is 8.98. The number of rotatable bonds is 9. The molecule has 0 bridgehead atoms. The van der Waals surface area contributed by atoms with Crippen LogP contribution in [0.1, 0.15) is 25.8 Å². The summed E-state index contributed by atoms with van der Waals surface area (Å²) in [5.41, 5.74) is 0.663. The fourth-order valence-corrected chi connectivity index (χ4v) is 1.44. The van der Waals surface area contributed by atoms with E-state index in [1.807, 2.05) is 13.8 Å². The van der Waals surface area contributed by atoms with Gasteiger partial charge in [-0.3, -0.25) is 0 Å². The first-order valence-corrected chi connectivity index (χ1v) is 6.55. The zero-order chi connectivity index (χ0) is 14.8. The second-order valence-electron chi connectivity index (χ2n) is 3.97. The van der Waals surface area contributed by atoms with Gasteiger partial charge in [-0.05, 0) is 31.6 Å². The first-order chi connectivity index (χ1) is 9.67. The van der Waals surface area contributed by atoms with Crippen LogP contribution in [0.15, 0.2) is 24.3 Å². The Morgan fingerprint density at radius 2 is 2.10 bits per heavy atom. The van der Waals surface area contributed by atoms with E-state index in [1.54, 1.807) is 18.2 Å². The van der Waals surface area contributed by atoms with Gasteiger partial charge in [0, 0.05) is 24.3 Å². The van der Waals surface area contributed by atoms with Crippen molar-refractivity contribution in [3.05, 3.63) is 29.8 Å².